The number of hydrogen-bond donors (Lipinski definition) is 1. The zero-order chi connectivity index (χ0) is 14.7. The highest BCUT2D eigenvalue weighted by molar-refractivity contribution is 5.69. The largest absolute Gasteiger partial charge is 0.481 e. The van der Waals surface area contributed by atoms with Gasteiger partial charge in [0.05, 0.1) is 11.3 Å². The van der Waals surface area contributed by atoms with Crippen LogP contribution in [0, 0.1) is 17.0 Å². The molecule has 0 radical (unpaired) electrons. The zero-order valence-corrected chi connectivity index (χ0v) is 11.4. The van der Waals surface area contributed by atoms with Crippen LogP contribution in [-0.4, -0.2) is 28.6 Å². The lowest BCUT2D eigenvalue weighted by Gasteiger charge is -2.37. The first kappa shape index (κ1) is 14.3. The van der Waals surface area contributed by atoms with Gasteiger partial charge in [-0.25, -0.2) is 0 Å². The molecule has 1 aliphatic heterocycles. The number of hydrogen-bond acceptors (Lipinski definition) is 4. The number of nitrogens with zero attached hydrogens (tertiary/aromatic N) is 2. The first-order valence-electron chi connectivity index (χ1n) is 6.72. The van der Waals surface area contributed by atoms with E-state index in [-0.39, 0.29) is 18.2 Å². The fourth-order valence-electron chi connectivity index (χ4n) is 2.75. The van der Waals surface area contributed by atoms with Crippen LogP contribution in [0.1, 0.15) is 31.2 Å². The van der Waals surface area contributed by atoms with Gasteiger partial charge in [0.2, 0.25) is 0 Å². The Morgan fingerprint density at radius 2 is 2.25 bits per heavy atom. The molecule has 1 fully saturated rings. The number of rotatable bonds is 4. The van der Waals surface area contributed by atoms with Gasteiger partial charge in [-0.2, -0.15) is 0 Å². The van der Waals surface area contributed by atoms with Crippen molar-refractivity contribution in [2.24, 2.45) is 0 Å². The topological polar surface area (TPSA) is 83.7 Å². The lowest BCUT2D eigenvalue weighted by molar-refractivity contribution is -0.384. The van der Waals surface area contributed by atoms with Gasteiger partial charge in [-0.15, -0.1) is 0 Å². The van der Waals surface area contributed by atoms with Crippen LogP contribution >= 0.6 is 0 Å². The molecule has 6 heteroatoms. The number of carboxylic acids is 1. The third kappa shape index (κ3) is 3.07. The normalized spacial score (nSPS) is 18.9. The molecule has 1 N–H and O–H groups in total. The molecule has 1 aromatic carbocycles. The van der Waals surface area contributed by atoms with Crippen LogP contribution in [0.25, 0.3) is 0 Å². The van der Waals surface area contributed by atoms with Gasteiger partial charge in [0.25, 0.3) is 5.69 Å². The Kier molecular flexibility index (Phi) is 4.22. The predicted molar refractivity (Wildman–Crippen MR) is 75.1 cm³/mol. The van der Waals surface area contributed by atoms with E-state index in [4.69, 9.17) is 5.11 Å². The van der Waals surface area contributed by atoms with Gasteiger partial charge < -0.3 is 10.0 Å². The molecule has 2 rings (SSSR count). The molecule has 1 aromatic rings. The minimum atomic E-state index is -0.829. The highest BCUT2D eigenvalue weighted by Crippen LogP contribution is 2.31. The Morgan fingerprint density at radius 1 is 1.50 bits per heavy atom. The average molecular weight is 278 g/mol. The summed E-state index contributed by atoms with van der Waals surface area (Å²) in [4.78, 5) is 23.5. The van der Waals surface area contributed by atoms with Crippen molar-refractivity contribution in [2.75, 3.05) is 11.4 Å². The van der Waals surface area contributed by atoms with E-state index in [1.54, 1.807) is 12.1 Å². The summed E-state index contributed by atoms with van der Waals surface area (Å²) in [6.07, 6.45) is 2.87. The van der Waals surface area contributed by atoms with E-state index in [1.165, 1.54) is 6.07 Å². The summed E-state index contributed by atoms with van der Waals surface area (Å²) in [5.74, 6) is -0.829. The van der Waals surface area contributed by atoms with E-state index in [1.807, 2.05) is 11.8 Å². The van der Waals surface area contributed by atoms with Crippen LogP contribution in [0.4, 0.5) is 11.4 Å². The first-order chi connectivity index (χ1) is 9.49. The second-order valence-electron chi connectivity index (χ2n) is 5.17. The van der Waals surface area contributed by atoms with Crippen LogP contribution in [0.15, 0.2) is 18.2 Å². The molecule has 1 saturated heterocycles. The SMILES string of the molecule is Cc1ccc([N+](=O)[O-])cc1N1CCCCC1CC(=O)O. The van der Waals surface area contributed by atoms with E-state index in [9.17, 15) is 14.9 Å². The monoisotopic (exact) mass is 278 g/mol. The summed E-state index contributed by atoms with van der Waals surface area (Å²) in [6.45, 7) is 2.64. The van der Waals surface area contributed by atoms with E-state index in [0.717, 1.165) is 37.1 Å². The fraction of sp³-hybridized carbons (Fsp3) is 0.500. The molecule has 0 spiro atoms. The molecular weight excluding hydrogens is 260 g/mol. The molecular formula is C14H18N2O4. The van der Waals surface area contributed by atoms with Crippen molar-refractivity contribution in [1.82, 2.24) is 0 Å². The molecule has 0 saturated carbocycles. The van der Waals surface area contributed by atoms with Crippen molar-refractivity contribution in [1.29, 1.82) is 0 Å². The van der Waals surface area contributed by atoms with Crippen molar-refractivity contribution in [2.45, 2.75) is 38.6 Å². The Balaban J connectivity index is 2.33. The van der Waals surface area contributed by atoms with Crippen molar-refractivity contribution >= 4 is 17.3 Å². The first-order valence-corrected chi connectivity index (χ1v) is 6.72. The lowest BCUT2D eigenvalue weighted by atomic mass is 9.97. The number of non-ortho nitro benzene ring substituents is 1. The summed E-state index contributed by atoms with van der Waals surface area (Å²) >= 11 is 0. The fourth-order valence-corrected chi connectivity index (χ4v) is 2.75. The number of carbonyl (C=O) groups is 1. The lowest BCUT2D eigenvalue weighted by Crippen LogP contribution is -2.41. The molecule has 0 aromatic heterocycles. The van der Waals surface area contributed by atoms with E-state index >= 15 is 0 Å². The number of aliphatic carboxylic acids is 1. The van der Waals surface area contributed by atoms with Crippen molar-refractivity contribution in [3.63, 3.8) is 0 Å². The van der Waals surface area contributed by atoms with Crippen LogP contribution in [0.3, 0.4) is 0 Å². The van der Waals surface area contributed by atoms with E-state index < -0.39 is 10.9 Å². The Bertz CT molecular complexity index is 530. The van der Waals surface area contributed by atoms with Gasteiger partial charge in [-0.3, -0.25) is 14.9 Å². The summed E-state index contributed by atoms with van der Waals surface area (Å²) in [5, 5.41) is 19.9. The molecule has 1 heterocycles. The Morgan fingerprint density at radius 3 is 2.90 bits per heavy atom. The number of benzene rings is 1. The third-order valence-corrected chi connectivity index (χ3v) is 3.75. The molecule has 0 bridgehead atoms. The Hall–Kier alpha value is -2.11. The van der Waals surface area contributed by atoms with E-state index in [0.29, 0.717) is 0 Å². The van der Waals surface area contributed by atoms with Gasteiger partial charge in [0.15, 0.2) is 0 Å². The summed E-state index contributed by atoms with van der Waals surface area (Å²) in [6, 6.07) is 4.67. The van der Waals surface area contributed by atoms with Gasteiger partial charge in [0, 0.05) is 30.4 Å². The maximum Gasteiger partial charge on any atom is 0.305 e. The molecule has 1 aliphatic rings. The minimum Gasteiger partial charge on any atom is -0.481 e. The maximum absolute atomic E-state index is 11.0. The van der Waals surface area contributed by atoms with Crippen molar-refractivity contribution in [3.05, 3.63) is 33.9 Å². The predicted octanol–water partition coefficient (Wildman–Crippen LogP) is 2.74. The van der Waals surface area contributed by atoms with Gasteiger partial charge >= 0.3 is 5.97 Å². The number of piperidine rings is 1. The third-order valence-electron chi connectivity index (χ3n) is 3.75. The van der Waals surface area contributed by atoms with Crippen LogP contribution in [0.2, 0.25) is 0 Å². The number of aryl methyl sites for hydroxylation is 1. The summed E-state index contributed by atoms with van der Waals surface area (Å²) in [5.41, 5.74) is 1.77. The van der Waals surface area contributed by atoms with Gasteiger partial charge in [0.1, 0.15) is 0 Å². The number of carboxylic acid groups (broad SMARTS) is 1. The second-order valence-corrected chi connectivity index (χ2v) is 5.17. The van der Waals surface area contributed by atoms with Crippen LogP contribution < -0.4 is 4.90 Å². The molecule has 1 unspecified atom stereocenters. The zero-order valence-electron chi connectivity index (χ0n) is 11.4. The highest BCUT2D eigenvalue weighted by Gasteiger charge is 2.26. The van der Waals surface area contributed by atoms with Gasteiger partial charge in [-0.1, -0.05) is 6.07 Å². The molecule has 108 valence electrons. The average Bonchev–Trinajstić information content (AvgIpc) is 2.39. The summed E-state index contributed by atoms with van der Waals surface area (Å²) in [7, 11) is 0. The summed E-state index contributed by atoms with van der Waals surface area (Å²) < 4.78 is 0. The molecule has 0 aliphatic carbocycles. The van der Waals surface area contributed by atoms with E-state index in [2.05, 4.69) is 0 Å². The maximum atomic E-state index is 11.0. The molecule has 6 nitrogen and oxygen atoms in total. The number of nitro benzene ring substituents is 1. The molecule has 20 heavy (non-hydrogen) atoms. The Labute approximate surface area is 117 Å². The van der Waals surface area contributed by atoms with Crippen molar-refractivity contribution in [3.8, 4) is 0 Å². The molecule has 1 atom stereocenters. The number of anilines is 1. The minimum absolute atomic E-state index is 0.0465. The highest BCUT2D eigenvalue weighted by atomic mass is 16.6. The second kappa shape index (κ2) is 5.90. The van der Waals surface area contributed by atoms with Crippen LogP contribution in [0.5, 0.6) is 0 Å². The quantitative estimate of drug-likeness (QED) is 0.676. The number of nitro groups is 1. The van der Waals surface area contributed by atoms with Gasteiger partial charge in [-0.05, 0) is 31.7 Å². The van der Waals surface area contributed by atoms with Crippen LogP contribution in [-0.2, 0) is 4.79 Å². The standard InChI is InChI=1S/C14H18N2O4/c1-10-5-6-12(16(19)20)8-13(10)15-7-3-2-4-11(15)9-14(17)18/h5-6,8,11H,2-4,7,9H2,1H3,(H,17,18). The van der Waals surface area contributed by atoms with Crippen molar-refractivity contribution < 1.29 is 14.8 Å². The smallest absolute Gasteiger partial charge is 0.305 e. The molecule has 0 amide bonds.